The number of nitrogens with one attached hydrogen (secondary N) is 1. The van der Waals surface area contributed by atoms with Crippen LogP contribution in [0.4, 0.5) is 8.78 Å². The van der Waals surface area contributed by atoms with Crippen LogP contribution < -0.4 is 5.32 Å². The minimum atomic E-state index is -0.603. The summed E-state index contributed by atoms with van der Waals surface area (Å²) >= 11 is 6.23. The summed E-state index contributed by atoms with van der Waals surface area (Å²) in [5.74, 6) is -1.21. The van der Waals surface area contributed by atoms with Crippen LogP contribution in [0.2, 0.25) is 5.02 Å². The maximum atomic E-state index is 14.1. The second-order valence-corrected chi connectivity index (χ2v) is 5.48. The molecule has 1 N–H and O–H groups in total. The first-order valence-electron chi connectivity index (χ1n) is 6.87. The van der Waals surface area contributed by atoms with Crippen molar-refractivity contribution in [3.05, 3.63) is 52.3 Å². The first-order chi connectivity index (χ1) is 9.95. The molecule has 21 heavy (non-hydrogen) atoms. The predicted molar refractivity (Wildman–Crippen MR) is 79.5 cm³/mol. The molecule has 6 heteroatoms. The fourth-order valence-corrected chi connectivity index (χ4v) is 2.57. The fourth-order valence-electron chi connectivity index (χ4n) is 2.33. The van der Waals surface area contributed by atoms with Crippen molar-refractivity contribution in [3.8, 4) is 0 Å². The summed E-state index contributed by atoms with van der Waals surface area (Å²) in [7, 11) is 0. The molecule has 1 aromatic carbocycles. The van der Waals surface area contributed by atoms with Crippen molar-refractivity contribution in [2.45, 2.75) is 32.9 Å². The van der Waals surface area contributed by atoms with Gasteiger partial charge in [-0.25, -0.2) is 8.78 Å². The molecule has 0 aliphatic rings. The van der Waals surface area contributed by atoms with E-state index >= 15 is 0 Å². The Hall–Kier alpha value is -1.46. The predicted octanol–water partition coefficient (Wildman–Crippen LogP) is 4.09. The minimum Gasteiger partial charge on any atom is -0.305 e. The van der Waals surface area contributed by atoms with Crippen LogP contribution in [0.3, 0.4) is 0 Å². The van der Waals surface area contributed by atoms with Crippen LogP contribution in [0.1, 0.15) is 44.1 Å². The van der Waals surface area contributed by atoms with E-state index < -0.39 is 17.7 Å². The lowest BCUT2D eigenvalue weighted by Gasteiger charge is -2.22. The lowest BCUT2D eigenvalue weighted by Crippen LogP contribution is -2.26. The standard InChI is InChI=1S/C15H18ClF2N3/c1-4-19-14(11-6-5-10(17)7-13(11)18)15-12(16)8-20-21(15)9(2)3/h5-9,14,19H,4H2,1-3H3. The van der Waals surface area contributed by atoms with E-state index in [1.165, 1.54) is 12.1 Å². The molecular weight excluding hydrogens is 296 g/mol. The summed E-state index contributed by atoms with van der Waals surface area (Å²) < 4.78 is 29.0. The van der Waals surface area contributed by atoms with E-state index in [1.54, 1.807) is 10.9 Å². The van der Waals surface area contributed by atoms with Crippen LogP contribution in [-0.4, -0.2) is 16.3 Å². The van der Waals surface area contributed by atoms with E-state index in [-0.39, 0.29) is 6.04 Å². The second kappa shape index (κ2) is 6.54. The monoisotopic (exact) mass is 313 g/mol. The maximum Gasteiger partial charge on any atom is 0.131 e. The van der Waals surface area contributed by atoms with Crippen LogP contribution in [-0.2, 0) is 0 Å². The van der Waals surface area contributed by atoms with Gasteiger partial charge >= 0.3 is 0 Å². The SMILES string of the molecule is CCNC(c1ccc(F)cc1F)c1c(Cl)cnn1C(C)C. The molecule has 1 unspecified atom stereocenters. The molecule has 0 saturated heterocycles. The van der Waals surface area contributed by atoms with Gasteiger partial charge in [-0.15, -0.1) is 0 Å². The lowest BCUT2D eigenvalue weighted by atomic mass is 10.0. The van der Waals surface area contributed by atoms with Crippen LogP contribution in [0.5, 0.6) is 0 Å². The summed E-state index contributed by atoms with van der Waals surface area (Å²) in [5.41, 5.74) is 1.03. The Morgan fingerprint density at radius 1 is 1.33 bits per heavy atom. The first-order valence-corrected chi connectivity index (χ1v) is 7.24. The first kappa shape index (κ1) is 15.9. The van der Waals surface area contributed by atoms with E-state index in [0.29, 0.717) is 22.8 Å². The highest BCUT2D eigenvalue weighted by molar-refractivity contribution is 6.31. The van der Waals surface area contributed by atoms with Crippen molar-refractivity contribution in [1.82, 2.24) is 15.1 Å². The molecule has 2 aromatic rings. The maximum absolute atomic E-state index is 14.1. The zero-order valence-corrected chi connectivity index (χ0v) is 13.0. The Balaban J connectivity index is 2.56. The zero-order valence-electron chi connectivity index (χ0n) is 12.2. The summed E-state index contributed by atoms with van der Waals surface area (Å²) in [4.78, 5) is 0. The molecule has 0 aliphatic carbocycles. The van der Waals surface area contributed by atoms with Crippen molar-refractivity contribution in [3.63, 3.8) is 0 Å². The molecule has 0 fully saturated rings. The van der Waals surface area contributed by atoms with E-state index in [1.807, 2.05) is 20.8 Å². The quantitative estimate of drug-likeness (QED) is 0.901. The normalized spacial score (nSPS) is 12.9. The third-order valence-corrected chi connectivity index (χ3v) is 3.52. The van der Waals surface area contributed by atoms with Gasteiger partial charge in [-0.2, -0.15) is 5.10 Å². The van der Waals surface area contributed by atoms with Crippen molar-refractivity contribution < 1.29 is 8.78 Å². The van der Waals surface area contributed by atoms with Crippen LogP contribution in [0, 0.1) is 11.6 Å². The average molecular weight is 314 g/mol. The van der Waals surface area contributed by atoms with Crippen LogP contribution >= 0.6 is 11.6 Å². The summed E-state index contributed by atoms with van der Waals surface area (Å²) in [6.45, 7) is 6.47. The molecule has 0 spiro atoms. The molecule has 0 aliphatic heterocycles. The van der Waals surface area contributed by atoms with Gasteiger partial charge in [0.2, 0.25) is 0 Å². The van der Waals surface area contributed by atoms with Gasteiger partial charge in [-0.05, 0) is 26.5 Å². The molecule has 0 amide bonds. The van der Waals surface area contributed by atoms with Gasteiger partial charge in [-0.1, -0.05) is 24.6 Å². The molecule has 3 nitrogen and oxygen atoms in total. The summed E-state index contributed by atoms with van der Waals surface area (Å²) in [6.07, 6.45) is 1.54. The molecular formula is C15H18ClF2N3. The fraction of sp³-hybridized carbons (Fsp3) is 0.400. The van der Waals surface area contributed by atoms with E-state index in [4.69, 9.17) is 11.6 Å². The van der Waals surface area contributed by atoms with Crippen molar-refractivity contribution in [2.24, 2.45) is 0 Å². The molecule has 114 valence electrons. The molecule has 0 bridgehead atoms. The highest BCUT2D eigenvalue weighted by Crippen LogP contribution is 2.31. The number of aromatic nitrogens is 2. The Bertz CT molecular complexity index is 625. The highest BCUT2D eigenvalue weighted by Gasteiger charge is 2.25. The number of nitrogens with zero attached hydrogens (tertiary/aromatic N) is 2. The van der Waals surface area contributed by atoms with E-state index in [0.717, 1.165) is 6.07 Å². The lowest BCUT2D eigenvalue weighted by molar-refractivity contribution is 0.465. The minimum absolute atomic E-state index is 0.0807. The van der Waals surface area contributed by atoms with Gasteiger partial charge in [0.15, 0.2) is 0 Å². The Kier molecular flexibility index (Phi) is 4.96. The van der Waals surface area contributed by atoms with Crippen molar-refractivity contribution in [2.75, 3.05) is 6.54 Å². The molecule has 1 aromatic heterocycles. The van der Waals surface area contributed by atoms with Gasteiger partial charge in [-0.3, -0.25) is 4.68 Å². The highest BCUT2D eigenvalue weighted by atomic mass is 35.5. The third kappa shape index (κ3) is 3.24. The average Bonchev–Trinajstić information content (AvgIpc) is 2.79. The largest absolute Gasteiger partial charge is 0.305 e. The molecule has 1 atom stereocenters. The van der Waals surface area contributed by atoms with Gasteiger partial charge in [0.1, 0.15) is 11.6 Å². The number of rotatable bonds is 5. The molecule has 1 heterocycles. The van der Waals surface area contributed by atoms with E-state index in [9.17, 15) is 8.78 Å². The number of hydrogen-bond donors (Lipinski definition) is 1. The molecule has 0 saturated carbocycles. The van der Waals surface area contributed by atoms with Crippen LogP contribution in [0.15, 0.2) is 24.4 Å². The van der Waals surface area contributed by atoms with Gasteiger partial charge in [0.25, 0.3) is 0 Å². The van der Waals surface area contributed by atoms with Gasteiger partial charge in [0.05, 0.1) is 23.0 Å². The van der Waals surface area contributed by atoms with Crippen LogP contribution in [0.25, 0.3) is 0 Å². The second-order valence-electron chi connectivity index (χ2n) is 5.07. The van der Waals surface area contributed by atoms with Gasteiger partial charge in [0, 0.05) is 17.7 Å². The summed E-state index contributed by atoms with van der Waals surface area (Å²) in [6, 6.07) is 3.16. The van der Waals surface area contributed by atoms with Gasteiger partial charge < -0.3 is 5.32 Å². The van der Waals surface area contributed by atoms with Crippen molar-refractivity contribution >= 4 is 11.6 Å². The smallest absolute Gasteiger partial charge is 0.131 e. The zero-order chi connectivity index (χ0) is 15.6. The number of halogens is 3. The third-order valence-electron chi connectivity index (χ3n) is 3.23. The Labute approximate surface area is 127 Å². The Morgan fingerprint density at radius 2 is 2.05 bits per heavy atom. The molecule has 0 radical (unpaired) electrons. The van der Waals surface area contributed by atoms with Crippen molar-refractivity contribution in [1.29, 1.82) is 0 Å². The summed E-state index contributed by atoms with van der Waals surface area (Å²) in [5, 5.41) is 7.89. The number of benzene rings is 1. The number of hydrogen-bond acceptors (Lipinski definition) is 2. The van der Waals surface area contributed by atoms with E-state index in [2.05, 4.69) is 10.4 Å². The Morgan fingerprint density at radius 3 is 2.62 bits per heavy atom. The topological polar surface area (TPSA) is 29.9 Å². The molecule has 2 rings (SSSR count).